The van der Waals surface area contributed by atoms with Crippen LogP contribution in [0.5, 0.6) is 0 Å². The summed E-state index contributed by atoms with van der Waals surface area (Å²) < 4.78 is 30.0. The van der Waals surface area contributed by atoms with E-state index in [9.17, 15) is 18.3 Å². The molecule has 0 heterocycles. The largest absolute Gasteiger partial charge is 0.467 e. The maximum absolute atomic E-state index is 11.8. The number of hydrogen-bond acceptors (Lipinski definition) is 6. The number of hydrogen-bond donors (Lipinski definition) is 2. The van der Waals surface area contributed by atoms with Crippen molar-refractivity contribution in [1.82, 2.24) is 4.72 Å². The summed E-state index contributed by atoms with van der Waals surface area (Å²) >= 11 is 0. The van der Waals surface area contributed by atoms with Crippen molar-refractivity contribution >= 4 is 16.0 Å². The Morgan fingerprint density at radius 1 is 1.50 bits per heavy atom. The number of sulfonamides is 1. The Balaban J connectivity index is 2.72. The SMILES string of the molecule is COC(=O)C(O)CNS(=O)(=O)Cc1ccccc1C#N. The highest BCUT2D eigenvalue weighted by Gasteiger charge is 2.20. The van der Waals surface area contributed by atoms with Gasteiger partial charge in [0.1, 0.15) is 0 Å². The van der Waals surface area contributed by atoms with Gasteiger partial charge in [-0.2, -0.15) is 5.26 Å². The lowest BCUT2D eigenvalue weighted by Gasteiger charge is -2.11. The highest BCUT2D eigenvalue weighted by Crippen LogP contribution is 2.10. The van der Waals surface area contributed by atoms with Crippen molar-refractivity contribution in [2.45, 2.75) is 11.9 Å². The third kappa shape index (κ3) is 4.62. The van der Waals surface area contributed by atoms with E-state index in [0.717, 1.165) is 7.11 Å². The van der Waals surface area contributed by atoms with Gasteiger partial charge >= 0.3 is 5.97 Å². The first-order valence-corrected chi connectivity index (χ1v) is 7.26. The van der Waals surface area contributed by atoms with Gasteiger partial charge in [-0.3, -0.25) is 0 Å². The van der Waals surface area contributed by atoms with E-state index in [0.29, 0.717) is 5.56 Å². The van der Waals surface area contributed by atoms with Gasteiger partial charge in [0, 0.05) is 6.54 Å². The third-order valence-electron chi connectivity index (χ3n) is 2.45. The van der Waals surface area contributed by atoms with Crippen LogP contribution in [-0.4, -0.2) is 39.3 Å². The Morgan fingerprint density at radius 2 is 2.15 bits per heavy atom. The molecule has 108 valence electrons. The molecule has 0 saturated carbocycles. The smallest absolute Gasteiger partial charge is 0.336 e. The van der Waals surface area contributed by atoms with Crippen LogP contribution < -0.4 is 4.72 Å². The zero-order chi connectivity index (χ0) is 15.2. The molecule has 0 aromatic heterocycles. The predicted octanol–water partition coefficient (Wildman–Crippen LogP) is -0.488. The number of benzene rings is 1. The van der Waals surface area contributed by atoms with Crippen molar-refractivity contribution in [3.8, 4) is 6.07 Å². The number of carbonyl (C=O) groups is 1. The summed E-state index contributed by atoms with van der Waals surface area (Å²) in [6, 6.07) is 8.17. The number of aliphatic hydroxyl groups excluding tert-OH is 1. The molecule has 1 rings (SSSR count). The summed E-state index contributed by atoms with van der Waals surface area (Å²) in [5, 5.41) is 18.2. The second-order valence-corrected chi connectivity index (χ2v) is 5.72. The Labute approximate surface area is 116 Å². The second-order valence-electron chi connectivity index (χ2n) is 3.92. The molecule has 1 atom stereocenters. The quantitative estimate of drug-likeness (QED) is 0.685. The molecule has 0 aliphatic heterocycles. The van der Waals surface area contributed by atoms with Gasteiger partial charge in [0.25, 0.3) is 0 Å². The molecule has 1 aromatic rings. The molecule has 0 spiro atoms. The number of methoxy groups -OCH3 is 1. The van der Waals surface area contributed by atoms with E-state index in [2.05, 4.69) is 9.46 Å². The minimum Gasteiger partial charge on any atom is -0.467 e. The van der Waals surface area contributed by atoms with E-state index in [4.69, 9.17) is 5.26 Å². The number of nitrogens with zero attached hydrogens (tertiary/aromatic N) is 1. The van der Waals surface area contributed by atoms with Crippen LogP contribution in [-0.2, 0) is 25.3 Å². The molecule has 8 heteroatoms. The lowest BCUT2D eigenvalue weighted by Crippen LogP contribution is -2.37. The maximum Gasteiger partial charge on any atom is 0.336 e. The van der Waals surface area contributed by atoms with Crippen LogP contribution in [0.1, 0.15) is 11.1 Å². The Morgan fingerprint density at radius 3 is 2.75 bits per heavy atom. The lowest BCUT2D eigenvalue weighted by molar-refractivity contribution is -0.149. The molecule has 0 fully saturated rings. The summed E-state index contributed by atoms with van der Waals surface area (Å²) in [5.41, 5.74) is 0.599. The van der Waals surface area contributed by atoms with Gasteiger partial charge in [0.15, 0.2) is 6.10 Å². The van der Waals surface area contributed by atoms with Crippen molar-refractivity contribution < 1.29 is 23.1 Å². The number of esters is 1. The van der Waals surface area contributed by atoms with E-state index in [1.165, 1.54) is 12.1 Å². The van der Waals surface area contributed by atoms with Crippen molar-refractivity contribution in [3.05, 3.63) is 35.4 Å². The van der Waals surface area contributed by atoms with Gasteiger partial charge in [-0.05, 0) is 11.6 Å². The predicted molar refractivity (Wildman–Crippen MR) is 69.8 cm³/mol. The number of aliphatic hydroxyl groups is 1. The van der Waals surface area contributed by atoms with Crippen LogP contribution in [0.3, 0.4) is 0 Å². The lowest BCUT2D eigenvalue weighted by atomic mass is 10.1. The van der Waals surface area contributed by atoms with E-state index >= 15 is 0 Å². The van der Waals surface area contributed by atoms with E-state index in [1.54, 1.807) is 12.1 Å². The van der Waals surface area contributed by atoms with Crippen LogP contribution in [0.25, 0.3) is 0 Å². The average Bonchev–Trinajstić information content (AvgIpc) is 2.44. The summed E-state index contributed by atoms with van der Waals surface area (Å²) in [6.45, 7) is -0.482. The van der Waals surface area contributed by atoms with Crippen molar-refractivity contribution in [2.75, 3.05) is 13.7 Å². The summed E-state index contributed by atoms with van der Waals surface area (Å²) in [7, 11) is -2.69. The van der Waals surface area contributed by atoms with Gasteiger partial charge in [0.2, 0.25) is 10.0 Å². The Hall–Kier alpha value is -1.95. The van der Waals surface area contributed by atoms with Gasteiger partial charge in [0.05, 0.1) is 24.5 Å². The van der Waals surface area contributed by atoms with Gasteiger partial charge < -0.3 is 9.84 Å². The molecule has 1 aromatic carbocycles. The number of nitrogens with one attached hydrogen (secondary N) is 1. The van der Waals surface area contributed by atoms with E-state index in [-0.39, 0.29) is 5.56 Å². The van der Waals surface area contributed by atoms with Gasteiger partial charge in [-0.15, -0.1) is 0 Å². The molecule has 0 amide bonds. The molecule has 1 unspecified atom stereocenters. The highest BCUT2D eigenvalue weighted by atomic mass is 32.2. The molecule has 0 aliphatic rings. The van der Waals surface area contributed by atoms with Crippen LogP contribution in [0, 0.1) is 11.3 Å². The zero-order valence-electron chi connectivity index (χ0n) is 10.7. The number of nitriles is 1. The topological polar surface area (TPSA) is 116 Å². The molecule has 20 heavy (non-hydrogen) atoms. The molecule has 2 N–H and O–H groups in total. The van der Waals surface area contributed by atoms with Crippen LogP contribution >= 0.6 is 0 Å². The van der Waals surface area contributed by atoms with Crippen molar-refractivity contribution in [3.63, 3.8) is 0 Å². The molecular weight excluding hydrogens is 284 g/mol. The van der Waals surface area contributed by atoms with E-state index in [1.807, 2.05) is 6.07 Å². The minimum absolute atomic E-state index is 0.256. The first kappa shape index (κ1) is 16.1. The van der Waals surface area contributed by atoms with Crippen LogP contribution in [0.4, 0.5) is 0 Å². The first-order chi connectivity index (χ1) is 9.39. The fourth-order valence-corrected chi connectivity index (χ4v) is 2.61. The molecule has 0 radical (unpaired) electrons. The Bertz CT molecular complexity index is 621. The standard InChI is InChI=1S/C12H14N2O5S/c1-19-12(16)11(15)7-14-20(17,18)8-10-5-3-2-4-9(10)6-13/h2-5,11,14-15H,7-8H2,1H3. The number of carbonyl (C=O) groups excluding carboxylic acids is 1. The summed E-state index contributed by atoms with van der Waals surface area (Å²) in [4.78, 5) is 10.9. The van der Waals surface area contributed by atoms with Crippen LogP contribution in [0.2, 0.25) is 0 Å². The summed E-state index contributed by atoms with van der Waals surface area (Å²) in [5.74, 6) is -1.34. The monoisotopic (exact) mass is 298 g/mol. The fourth-order valence-electron chi connectivity index (χ4n) is 1.44. The van der Waals surface area contributed by atoms with Gasteiger partial charge in [-0.1, -0.05) is 18.2 Å². The first-order valence-electron chi connectivity index (χ1n) is 5.61. The average molecular weight is 298 g/mol. The number of ether oxygens (including phenoxy) is 1. The van der Waals surface area contributed by atoms with Crippen molar-refractivity contribution in [1.29, 1.82) is 5.26 Å². The molecule has 7 nitrogen and oxygen atoms in total. The van der Waals surface area contributed by atoms with Crippen LogP contribution in [0.15, 0.2) is 24.3 Å². The minimum atomic E-state index is -3.77. The molecule has 0 aliphatic carbocycles. The second kappa shape index (κ2) is 7.00. The maximum atomic E-state index is 11.8. The van der Waals surface area contributed by atoms with Gasteiger partial charge in [-0.25, -0.2) is 17.9 Å². The highest BCUT2D eigenvalue weighted by molar-refractivity contribution is 7.88. The normalized spacial score (nSPS) is 12.4. The zero-order valence-corrected chi connectivity index (χ0v) is 11.6. The number of rotatable bonds is 6. The van der Waals surface area contributed by atoms with E-state index < -0.39 is 34.4 Å². The molecule has 0 saturated heterocycles. The summed E-state index contributed by atoms with van der Waals surface area (Å²) in [6.07, 6.45) is -1.57. The molecular formula is C12H14N2O5S. The fraction of sp³-hybridized carbons (Fsp3) is 0.333. The van der Waals surface area contributed by atoms with Crippen molar-refractivity contribution in [2.24, 2.45) is 0 Å². The third-order valence-corrected chi connectivity index (χ3v) is 3.75. The molecule has 0 bridgehead atoms. The Kier molecular flexibility index (Phi) is 5.64.